The van der Waals surface area contributed by atoms with Gasteiger partial charge in [-0.25, -0.2) is 4.79 Å². The highest BCUT2D eigenvalue weighted by atomic mass is 35.5. The zero-order valence-electron chi connectivity index (χ0n) is 8.85. The first kappa shape index (κ1) is 16.2. The average Bonchev–Trinajstić information content (AvgIpc) is 2.28. The fraction of sp³-hybridized carbons (Fsp3) is 0.667. The molecule has 1 saturated heterocycles. The molecule has 0 unspecified atom stereocenters. The van der Waals surface area contributed by atoms with Gasteiger partial charge in [-0.3, -0.25) is 0 Å². The number of carboxylic acid groups (broad SMARTS) is 1. The SMILES string of the molecule is O=C(O)C(F)(F)F.OC/C(Cl)=C1\CCCNC1. The third kappa shape index (κ3) is 7.19. The number of rotatable bonds is 1. The van der Waals surface area contributed by atoms with E-state index in [0.29, 0.717) is 5.03 Å². The van der Waals surface area contributed by atoms with Crippen LogP contribution < -0.4 is 5.32 Å². The summed E-state index contributed by atoms with van der Waals surface area (Å²) in [6, 6.07) is 0. The first-order valence-corrected chi connectivity index (χ1v) is 5.15. The Morgan fingerprint density at radius 3 is 2.29 bits per heavy atom. The van der Waals surface area contributed by atoms with Crippen LogP contribution in [-0.4, -0.2) is 42.1 Å². The van der Waals surface area contributed by atoms with Crippen molar-refractivity contribution in [3.05, 3.63) is 10.6 Å². The predicted molar refractivity (Wildman–Crippen MR) is 55.8 cm³/mol. The first-order chi connectivity index (χ1) is 7.79. The molecule has 0 saturated carbocycles. The summed E-state index contributed by atoms with van der Waals surface area (Å²) in [5, 5.41) is 19.6. The highest BCUT2D eigenvalue weighted by Crippen LogP contribution is 2.16. The first-order valence-electron chi connectivity index (χ1n) is 4.77. The molecule has 1 aliphatic rings. The molecule has 0 atom stereocenters. The number of hydrogen-bond acceptors (Lipinski definition) is 3. The minimum atomic E-state index is -5.08. The Bertz CT molecular complexity index is 284. The molecule has 0 aromatic carbocycles. The number of aliphatic carboxylic acids is 1. The maximum absolute atomic E-state index is 10.6. The molecule has 0 bridgehead atoms. The van der Waals surface area contributed by atoms with Gasteiger partial charge in [0.1, 0.15) is 0 Å². The molecule has 17 heavy (non-hydrogen) atoms. The third-order valence-electron chi connectivity index (χ3n) is 1.94. The van der Waals surface area contributed by atoms with Crippen molar-refractivity contribution in [2.75, 3.05) is 19.7 Å². The topological polar surface area (TPSA) is 69.6 Å². The highest BCUT2D eigenvalue weighted by Gasteiger charge is 2.38. The Kier molecular flexibility index (Phi) is 7.17. The van der Waals surface area contributed by atoms with E-state index in [1.807, 2.05) is 0 Å². The van der Waals surface area contributed by atoms with Crippen molar-refractivity contribution in [2.24, 2.45) is 0 Å². The average molecular weight is 276 g/mol. The van der Waals surface area contributed by atoms with Crippen molar-refractivity contribution in [1.82, 2.24) is 5.32 Å². The monoisotopic (exact) mass is 275 g/mol. The quantitative estimate of drug-likeness (QED) is 0.678. The van der Waals surface area contributed by atoms with Gasteiger partial charge >= 0.3 is 12.1 Å². The molecule has 100 valence electrons. The van der Waals surface area contributed by atoms with Gasteiger partial charge in [-0.15, -0.1) is 0 Å². The molecular weight excluding hydrogens is 263 g/mol. The number of alkyl halides is 3. The fourth-order valence-corrected chi connectivity index (χ4v) is 1.26. The van der Waals surface area contributed by atoms with Crippen LogP contribution >= 0.6 is 11.6 Å². The molecule has 0 aromatic rings. The van der Waals surface area contributed by atoms with Crippen molar-refractivity contribution in [2.45, 2.75) is 19.0 Å². The summed E-state index contributed by atoms with van der Waals surface area (Å²) in [5.74, 6) is -2.76. The van der Waals surface area contributed by atoms with Crippen LogP contribution in [-0.2, 0) is 4.79 Å². The van der Waals surface area contributed by atoms with Crippen LogP contribution in [0.2, 0.25) is 0 Å². The van der Waals surface area contributed by atoms with E-state index in [9.17, 15) is 13.2 Å². The van der Waals surface area contributed by atoms with E-state index >= 15 is 0 Å². The number of aliphatic hydroxyl groups excluding tert-OH is 1. The molecule has 0 amide bonds. The van der Waals surface area contributed by atoms with Gasteiger partial charge in [-0.2, -0.15) is 13.2 Å². The Labute approximate surface area is 101 Å². The van der Waals surface area contributed by atoms with Crippen LogP contribution in [0, 0.1) is 0 Å². The van der Waals surface area contributed by atoms with Gasteiger partial charge < -0.3 is 15.5 Å². The van der Waals surface area contributed by atoms with E-state index in [2.05, 4.69) is 5.32 Å². The molecule has 1 aliphatic heterocycles. The molecule has 4 nitrogen and oxygen atoms in total. The van der Waals surface area contributed by atoms with E-state index in [1.54, 1.807) is 0 Å². The molecular formula is C9H13ClF3NO3. The summed E-state index contributed by atoms with van der Waals surface area (Å²) in [6.07, 6.45) is -2.92. The summed E-state index contributed by atoms with van der Waals surface area (Å²) < 4.78 is 31.7. The second-order valence-electron chi connectivity index (χ2n) is 3.25. The van der Waals surface area contributed by atoms with Crippen molar-refractivity contribution < 1.29 is 28.2 Å². The molecule has 8 heteroatoms. The number of halogens is 4. The molecule has 0 aliphatic carbocycles. The number of carboxylic acids is 1. The molecule has 1 fully saturated rings. The predicted octanol–water partition coefficient (Wildman–Crippen LogP) is 1.49. The summed E-state index contributed by atoms with van der Waals surface area (Å²) in [6.45, 7) is 1.90. The van der Waals surface area contributed by atoms with Crippen LogP contribution in [0.5, 0.6) is 0 Å². The zero-order chi connectivity index (χ0) is 13.5. The van der Waals surface area contributed by atoms with Crippen LogP contribution in [0.3, 0.4) is 0 Å². The largest absolute Gasteiger partial charge is 0.490 e. The standard InChI is InChI=1S/C7H12ClNO.C2HF3O2/c8-7(5-10)6-2-1-3-9-4-6;3-2(4,5)1(6)7/h9-10H,1-5H2;(H,6,7)/b7-6-;. The minimum absolute atomic E-state index is 0.0153. The van der Waals surface area contributed by atoms with Crippen LogP contribution in [0.1, 0.15) is 12.8 Å². The molecule has 1 heterocycles. The van der Waals surface area contributed by atoms with Gasteiger partial charge in [-0.05, 0) is 25.0 Å². The number of carbonyl (C=O) groups is 1. The molecule has 0 aromatic heterocycles. The van der Waals surface area contributed by atoms with Gasteiger partial charge in [0.25, 0.3) is 0 Å². The van der Waals surface area contributed by atoms with Crippen molar-refractivity contribution >= 4 is 17.6 Å². The summed E-state index contributed by atoms with van der Waals surface area (Å²) in [5.41, 5.74) is 1.16. The summed E-state index contributed by atoms with van der Waals surface area (Å²) in [7, 11) is 0. The Morgan fingerprint density at radius 2 is 2.00 bits per heavy atom. The number of nitrogens with one attached hydrogen (secondary N) is 1. The van der Waals surface area contributed by atoms with Crippen LogP contribution in [0.4, 0.5) is 13.2 Å². The van der Waals surface area contributed by atoms with E-state index in [0.717, 1.165) is 31.5 Å². The van der Waals surface area contributed by atoms with Crippen molar-refractivity contribution in [3.63, 3.8) is 0 Å². The van der Waals surface area contributed by atoms with Crippen LogP contribution in [0.25, 0.3) is 0 Å². The van der Waals surface area contributed by atoms with Crippen LogP contribution in [0.15, 0.2) is 10.6 Å². The lowest BCUT2D eigenvalue weighted by atomic mass is 10.1. The van der Waals surface area contributed by atoms with Gasteiger partial charge in [0.05, 0.1) is 6.61 Å². The molecule has 0 radical (unpaired) electrons. The Hall–Kier alpha value is -0.790. The molecule has 0 spiro atoms. The van der Waals surface area contributed by atoms with Gasteiger partial charge in [-0.1, -0.05) is 11.6 Å². The Morgan fingerprint density at radius 1 is 1.47 bits per heavy atom. The minimum Gasteiger partial charge on any atom is -0.475 e. The second-order valence-corrected chi connectivity index (χ2v) is 3.71. The normalized spacial score (nSPS) is 19.1. The zero-order valence-corrected chi connectivity index (χ0v) is 9.61. The fourth-order valence-electron chi connectivity index (χ4n) is 1.10. The van der Waals surface area contributed by atoms with Crippen molar-refractivity contribution in [1.29, 1.82) is 0 Å². The molecule has 1 rings (SSSR count). The lowest BCUT2D eigenvalue weighted by Gasteiger charge is -2.16. The maximum atomic E-state index is 10.6. The second kappa shape index (κ2) is 7.52. The smallest absolute Gasteiger partial charge is 0.475 e. The third-order valence-corrected chi connectivity index (χ3v) is 2.32. The lowest BCUT2D eigenvalue weighted by Crippen LogP contribution is -2.24. The molecule has 3 N–H and O–H groups in total. The number of aliphatic hydroxyl groups is 1. The van der Waals surface area contributed by atoms with Gasteiger partial charge in [0.15, 0.2) is 0 Å². The highest BCUT2D eigenvalue weighted by molar-refractivity contribution is 6.30. The number of hydrogen-bond donors (Lipinski definition) is 3. The number of piperidine rings is 1. The van der Waals surface area contributed by atoms with E-state index in [1.165, 1.54) is 0 Å². The summed E-state index contributed by atoms with van der Waals surface area (Å²) >= 11 is 5.73. The Balaban J connectivity index is 0.000000325. The van der Waals surface area contributed by atoms with Crippen molar-refractivity contribution in [3.8, 4) is 0 Å². The van der Waals surface area contributed by atoms with Gasteiger partial charge in [0, 0.05) is 11.6 Å². The maximum Gasteiger partial charge on any atom is 0.490 e. The van der Waals surface area contributed by atoms with Gasteiger partial charge in [0.2, 0.25) is 0 Å². The summed E-state index contributed by atoms with van der Waals surface area (Å²) in [4.78, 5) is 8.90. The lowest BCUT2D eigenvalue weighted by molar-refractivity contribution is -0.192. The van der Waals surface area contributed by atoms with E-state index in [-0.39, 0.29) is 6.61 Å². The van der Waals surface area contributed by atoms with E-state index in [4.69, 9.17) is 26.6 Å². The van der Waals surface area contributed by atoms with E-state index < -0.39 is 12.1 Å².